The highest BCUT2D eigenvalue weighted by molar-refractivity contribution is 7.88. The van der Waals surface area contributed by atoms with Crippen LogP contribution in [0.2, 0.25) is 0 Å². The zero-order chi connectivity index (χ0) is 22.8. The monoisotopic (exact) mass is 460 g/mol. The second-order valence-electron chi connectivity index (χ2n) is 8.54. The van der Waals surface area contributed by atoms with Crippen LogP contribution < -0.4 is 4.72 Å². The minimum Gasteiger partial charge on any atom is -0.453 e. The Balaban J connectivity index is 1.61. The summed E-state index contributed by atoms with van der Waals surface area (Å²) in [7, 11) is -2.16. The fraction of sp³-hybridized carbons (Fsp3) is 0.667. The van der Waals surface area contributed by atoms with Gasteiger partial charge in [0.05, 0.1) is 32.1 Å². The van der Waals surface area contributed by atoms with Gasteiger partial charge in [-0.3, -0.25) is 4.90 Å². The van der Waals surface area contributed by atoms with Crippen molar-refractivity contribution in [3.8, 4) is 0 Å². The van der Waals surface area contributed by atoms with Gasteiger partial charge >= 0.3 is 6.09 Å². The Labute approximate surface area is 182 Å². The number of ether oxygens (including phenoxy) is 2. The minimum atomic E-state index is -3.45. The van der Waals surface area contributed by atoms with E-state index in [9.17, 15) is 22.0 Å². The maximum Gasteiger partial charge on any atom is 0.410 e. The number of carbonyl (C=O) groups excluding carboxylic acids is 1. The van der Waals surface area contributed by atoms with Crippen LogP contribution in [0.4, 0.5) is 13.6 Å². The van der Waals surface area contributed by atoms with Gasteiger partial charge < -0.3 is 9.47 Å². The third-order valence-corrected chi connectivity index (χ3v) is 6.91. The van der Waals surface area contributed by atoms with Crippen LogP contribution in [0.3, 0.4) is 0 Å². The maximum atomic E-state index is 13.5. The van der Waals surface area contributed by atoms with Crippen molar-refractivity contribution in [2.45, 2.75) is 69.2 Å². The molecule has 1 heterocycles. The molecule has 3 rings (SSSR count). The smallest absolute Gasteiger partial charge is 0.410 e. The Hall–Kier alpha value is -1.78. The molecule has 174 valence electrons. The number of nitrogens with one attached hydrogen (secondary N) is 1. The average Bonchev–Trinajstić information content (AvgIpc) is 2.98. The first-order valence-corrected chi connectivity index (χ1v) is 12.4. The SMILES string of the molecule is COC(=O)N1[C@H](C)C[C@H](NS(C)(=O)=O)[C@@H]1COC1CCC(c2cc(F)cc(F)c2)CC1. The summed E-state index contributed by atoms with van der Waals surface area (Å²) in [5, 5.41) is 0. The van der Waals surface area contributed by atoms with E-state index in [0.29, 0.717) is 24.8 Å². The Kier molecular flexibility index (Phi) is 7.54. The predicted molar refractivity (Wildman–Crippen MR) is 111 cm³/mol. The van der Waals surface area contributed by atoms with Crippen LogP contribution in [0.25, 0.3) is 0 Å². The molecule has 3 atom stereocenters. The third kappa shape index (κ3) is 6.14. The molecule has 31 heavy (non-hydrogen) atoms. The van der Waals surface area contributed by atoms with E-state index in [1.54, 1.807) is 0 Å². The lowest BCUT2D eigenvalue weighted by Crippen LogP contribution is -2.50. The number of nitrogens with zero attached hydrogens (tertiary/aromatic N) is 1. The molecule has 0 bridgehead atoms. The molecule has 0 unspecified atom stereocenters. The second kappa shape index (κ2) is 9.79. The number of sulfonamides is 1. The van der Waals surface area contributed by atoms with Gasteiger partial charge in [0.2, 0.25) is 10.0 Å². The van der Waals surface area contributed by atoms with Crippen LogP contribution in [0.1, 0.15) is 50.5 Å². The quantitative estimate of drug-likeness (QED) is 0.705. The van der Waals surface area contributed by atoms with Crippen LogP contribution >= 0.6 is 0 Å². The van der Waals surface area contributed by atoms with Crippen molar-refractivity contribution in [2.75, 3.05) is 20.0 Å². The van der Waals surface area contributed by atoms with E-state index >= 15 is 0 Å². The van der Waals surface area contributed by atoms with Gasteiger partial charge in [-0.15, -0.1) is 0 Å². The molecule has 2 fully saturated rings. The van der Waals surface area contributed by atoms with E-state index in [0.717, 1.165) is 25.2 Å². The molecular formula is C21H30F2N2O5S. The van der Waals surface area contributed by atoms with E-state index < -0.39 is 39.8 Å². The average molecular weight is 461 g/mol. The van der Waals surface area contributed by atoms with Crippen molar-refractivity contribution in [1.29, 1.82) is 0 Å². The first-order chi connectivity index (χ1) is 14.6. The van der Waals surface area contributed by atoms with E-state index in [1.165, 1.54) is 24.1 Å². The summed E-state index contributed by atoms with van der Waals surface area (Å²) >= 11 is 0. The van der Waals surface area contributed by atoms with Gasteiger partial charge in [0.15, 0.2) is 0 Å². The summed E-state index contributed by atoms with van der Waals surface area (Å²) in [4.78, 5) is 13.8. The van der Waals surface area contributed by atoms with E-state index in [4.69, 9.17) is 9.47 Å². The molecule has 1 aromatic carbocycles. The van der Waals surface area contributed by atoms with Crippen molar-refractivity contribution < 1.29 is 31.5 Å². The molecule has 1 aromatic rings. The summed E-state index contributed by atoms with van der Waals surface area (Å²) in [6, 6.07) is 2.49. The Morgan fingerprint density at radius 1 is 1.16 bits per heavy atom. The molecule has 1 N–H and O–H groups in total. The Morgan fingerprint density at radius 3 is 2.32 bits per heavy atom. The lowest BCUT2D eigenvalue weighted by Gasteiger charge is -2.33. The number of carbonyl (C=O) groups is 1. The van der Waals surface area contributed by atoms with Gasteiger partial charge in [-0.2, -0.15) is 0 Å². The number of halogens is 2. The van der Waals surface area contributed by atoms with Gasteiger partial charge in [-0.25, -0.2) is 26.7 Å². The normalized spacial score (nSPS) is 29.2. The Bertz CT molecular complexity index is 870. The van der Waals surface area contributed by atoms with Gasteiger partial charge in [0.25, 0.3) is 0 Å². The molecule has 10 heteroatoms. The number of likely N-dealkylation sites (tertiary alicyclic amines) is 1. The number of hydrogen-bond acceptors (Lipinski definition) is 5. The molecule has 7 nitrogen and oxygen atoms in total. The molecule has 1 amide bonds. The maximum absolute atomic E-state index is 13.5. The fourth-order valence-corrected chi connectivity index (χ4v) is 5.59. The van der Waals surface area contributed by atoms with Gasteiger partial charge in [0, 0.05) is 18.2 Å². The highest BCUT2D eigenvalue weighted by Crippen LogP contribution is 2.35. The van der Waals surface area contributed by atoms with Gasteiger partial charge in [0.1, 0.15) is 11.6 Å². The number of rotatable bonds is 6. The van der Waals surface area contributed by atoms with Gasteiger partial charge in [-0.05, 0) is 62.6 Å². The fourth-order valence-electron chi connectivity index (χ4n) is 4.79. The predicted octanol–water partition coefficient (Wildman–Crippen LogP) is 3.15. The minimum absolute atomic E-state index is 0.0658. The van der Waals surface area contributed by atoms with Crippen LogP contribution in [-0.2, 0) is 19.5 Å². The van der Waals surface area contributed by atoms with Crippen LogP contribution in [-0.4, -0.2) is 63.6 Å². The molecule has 0 spiro atoms. The standard InChI is InChI=1S/C21H30F2N2O5S/c1-13-8-19(24-31(3,27)28)20(25(13)21(26)29-2)12-30-18-6-4-14(5-7-18)15-9-16(22)11-17(23)10-15/h9-11,13-14,18-20,24H,4-8,12H2,1-3H3/t13-,14?,18?,19+,20+/m1/s1. The number of amides is 1. The number of benzene rings is 1. The van der Waals surface area contributed by atoms with Crippen molar-refractivity contribution >= 4 is 16.1 Å². The van der Waals surface area contributed by atoms with Crippen LogP contribution in [0, 0.1) is 11.6 Å². The van der Waals surface area contributed by atoms with E-state index in [2.05, 4.69) is 4.72 Å². The molecule has 0 aromatic heterocycles. The summed E-state index contributed by atoms with van der Waals surface area (Å²) in [5.74, 6) is -1.07. The second-order valence-corrected chi connectivity index (χ2v) is 10.3. The molecule has 2 aliphatic rings. The van der Waals surface area contributed by atoms with Crippen molar-refractivity contribution in [2.24, 2.45) is 0 Å². The largest absolute Gasteiger partial charge is 0.453 e. The molecule has 0 radical (unpaired) electrons. The Morgan fingerprint density at radius 2 is 1.77 bits per heavy atom. The van der Waals surface area contributed by atoms with Crippen molar-refractivity contribution in [3.05, 3.63) is 35.4 Å². The zero-order valence-electron chi connectivity index (χ0n) is 18.0. The van der Waals surface area contributed by atoms with Crippen LogP contribution in [0.15, 0.2) is 18.2 Å². The third-order valence-electron chi connectivity index (χ3n) is 6.18. The summed E-state index contributed by atoms with van der Waals surface area (Å²) in [6.07, 6.45) is 3.88. The first kappa shape index (κ1) is 23.9. The highest BCUT2D eigenvalue weighted by atomic mass is 32.2. The summed E-state index contributed by atoms with van der Waals surface area (Å²) < 4.78 is 64.1. The highest BCUT2D eigenvalue weighted by Gasteiger charge is 2.44. The molecule has 1 aliphatic carbocycles. The zero-order valence-corrected chi connectivity index (χ0v) is 18.8. The lowest BCUT2D eigenvalue weighted by atomic mass is 9.82. The topological polar surface area (TPSA) is 84.9 Å². The molecule has 1 saturated heterocycles. The number of hydrogen-bond donors (Lipinski definition) is 1. The first-order valence-electron chi connectivity index (χ1n) is 10.5. The van der Waals surface area contributed by atoms with E-state index in [1.807, 2.05) is 6.92 Å². The lowest BCUT2D eigenvalue weighted by molar-refractivity contribution is -0.00861. The van der Waals surface area contributed by atoms with Gasteiger partial charge in [-0.1, -0.05) is 0 Å². The van der Waals surface area contributed by atoms with E-state index in [-0.39, 0.29) is 24.7 Å². The summed E-state index contributed by atoms with van der Waals surface area (Å²) in [5.41, 5.74) is 0.662. The van der Waals surface area contributed by atoms with Crippen molar-refractivity contribution in [1.82, 2.24) is 9.62 Å². The summed E-state index contributed by atoms with van der Waals surface area (Å²) in [6.45, 7) is 2.02. The van der Waals surface area contributed by atoms with Crippen LogP contribution in [0.5, 0.6) is 0 Å². The molecular weight excluding hydrogens is 430 g/mol. The van der Waals surface area contributed by atoms with Crippen molar-refractivity contribution in [3.63, 3.8) is 0 Å². The molecule has 1 aliphatic heterocycles. The molecule has 1 saturated carbocycles. The number of methoxy groups -OCH3 is 1.